The number of likely N-dealkylation sites (tertiary alicyclic amines) is 1. The molecule has 0 aromatic heterocycles. The fourth-order valence-electron chi connectivity index (χ4n) is 3.08. The van der Waals surface area contributed by atoms with E-state index in [0.717, 1.165) is 30.8 Å². The smallest absolute Gasteiger partial charge is 0.240 e. The summed E-state index contributed by atoms with van der Waals surface area (Å²) in [5.74, 6) is 0. The van der Waals surface area contributed by atoms with Gasteiger partial charge in [-0.15, -0.1) is 0 Å². The summed E-state index contributed by atoms with van der Waals surface area (Å²) in [6, 6.07) is 13.9. The molecular weight excluding hydrogens is 370 g/mol. The number of halogens is 1. The van der Waals surface area contributed by atoms with Crippen LogP contribution in [0.2, 0.25) is 5.02 Å². The van der Waals surface area contributed by atoms with Crippen molar-refractivity contribution in [2.24, 2.45) is 0 Å². The van der Waals surface area contributed by atoms with Gasteiger partial charge < -0.3 is 0 Å². The van der Waals surface area contributed by atoms with Crippen molar-refractivity contribution in [1.29, 1.82) is 5.26 Å². The van der Waals surface area contributed by atoms with E-state index in [2.05, 4.69) is 9.62 Å². The third kappa shape index (κ3) is 4.43. The molecule has 0 unspecified atom stereocenters. The Morgan fingerprint density at radius 3 is 2.46 bits per heavy atom. The van der Waals surface area contributed by atoms with Gasteiger partial charge >= 0.3 is 0 Å². The van der Waals surface area contributed by atoms with Crippen molar-refractivity contribution >= 4 is 21.6 Å². The second kappa shape index (κ2) is 8.19. The van der Waals surface area contributed by atoms with Gasteiger partial charge in [-0.1, -0.05) is 35.9 Å². The minimum absolute atomic E-state index is 0.0542. The molecular formula is C19H20ClN3O2S. The average molecular weight is 390 g/mol. The lowest BCUT2D eigenvalue weighted by molar-refractivity contribution is 0.330. The maximum Gasteiger partial charge on any atom is 0.240 e. The second-order valence-electron chi connectivity index (χ2n) is 6.33. The Bertz CT molecular complexity index is 932. The van der Waals surface area contributed by atoms with Crippen molar-refractivity contribution in [2.45, 2.75) is 30.8 Å². The summed E-state index contributed by atoms with van der Waals surface area (Å²) in [6.45, 7) is 3.22. The van der Waals surface area contributed by atoms with Gasteiger partial charge in [-0.25, -0.2) is 13.1 Å². The van der Waals surface area contributed by atoms with E-state index in [-0.39, 0.29) is 22.0 Å². The van der Waals surface area contributed by atoms with Gasteiger partial charge in [0.1, 0.15) is 6.07 Å². The van der Waals surface area contributed by atoms with Gasteiger partial charge in [0, 0.05) is 13.1 Å². The lowest BCUT2D eigenvalue weighted by atomic mass is 10.1. The number of nitrogens with one attached hydrogen (secondary N) is 1. The zero-order chi connectivity index (χ0) is 18.6. The van der Waals surface area contributed by atoms with Gasteiger partial charge in [-0.05, 0) is 55.3 Å². The summed E-state index contributed by atoms with van der Waals surface area (Å²) in [6.07, 6.45) is 2.43. The third-order valence-electron chi connectivity index (χ3n) is 4.53. The standard InChI is InChI=1S/C19H20ClN3O2S/c20-19-11-18(8-7-15(19)12-21)26(24,25)22-13-16-5-1-2-6-17(16)14-23-9-3-4-10-23/h1-2,5-8,11,22H,3-4,9-10,13-14H2. The molecule has 2 aromatic rings. The maximum absolute atomic E-state index is 12.6. The molecule has 1 heterocycles. The predicted octanol–water partition coefficient (Wildman–Crippen LogP) is 3.29. The van der Waals surface area contributed by atoms with Gasteiger partial charge in [0.2, 0.25) is 10.0 Å². The van der Waals surface area contributed by atoms with Gasteiger partial charge in [0.15, 0.2) is 0 Å². The molecule has 0 aliphatic carbocycles. The highest BCUT2D eigenvalue weighted by Crippen LogP contribution is 2.21. The molecule has 136 valence electrons. The molecule has 0 saturated carbocycles. The van der Waals surface area contributed by atoms with Crippen molar-refractivity contribution < 1.29 is 8.42 Å². The first-order chi connectivity index (χ1) is 12.5. The molecule has 7 heteroatoms. The van der Waals surface area contributed by atoms with Crippen LogP contribution < -0.4 is 4.72 Å². The van der Waals surface area contributed by atoms with Crippen LogP contribution in [0.25, 0.3) is 0 Å². The van der Waals surface area contributed by atoms with Crippen molar-refractivity contribution in [2.75, 3.05) is 13.1 Å². The SMILES string of the molecule is N#Cc1ccc(S(=O)(=O)NCc2ccccc2CN2CCCC2)cc1Cl. The van der Waals surface area contributed by atoms with E-state index in [1.165, 1.54) is 31.0 Å². The number of hydrogen-bond acceptors (Lipinski definition) is 4. The zero-order valence-corrected chi connectivity index (χ0v) is 15.9. The van der Waals surface area contributed by atoms with Crippen molar-refractivity contribution in [3.63, 3.8) is 0 Å². The maximum atomic E-state index is 12.6. The Morgan fingerprint density at radius 2 is 1.81 bits per heavy atom. The summed E-state index contributed by atoms with van der Waals surface area (Å²) in [5, 5.41) is 9.04. The number of nitriles is 1. The van der Waals surface area contributed by atoms with Crippen LogP contribution in [0.3, 0.4) is 0 Å². The normalized spacial score (nSPS) is 15.1. The Balaban J connectivity index is 1.74. The first-order valence-electron chi connectivity index (χ1n) is 8.48. The molecule has 1 aliphatic heterocycles. The fraction of sp³-hybridized carbons (Fsp3) is 0.316. The van der Waals surface area contributed by atoms with E-state index in [1.807, 2.05) is 30.3 Å². The van der Waals surface area contributed by atoms with Crippen molar-refractivity contribution in [3.8, 4) is 6.07 Å². The topological polar surface area (TPSA) is 73.2 Å². The highest BCUT2D eigenvalue weighted by molar-refractivity contribution is 7.89. The molecule has 1 saturated heterocycles. The molecule has 5 nitrogen and oxygen atoms in total. The number of benzene rings is 2. The molecule has 0 amide bonds. The Kier molecular flexibility index (Phi) is 5.94. The molecule has 1 aliphatic rings. The molecule has 2 aromatic carbocycles. The molecule has 1 N–H and O–H groups in total. The van der Waals surface area contributed by atoms with Crippen LogP contribution in [0.1, 0.15) is 29.5 Å². The predicted molar refractivity (Wildman–Crippen MR) is 101 cm³/mol. The number of sulfonamides is 1. The van der Waals surface area contributed by atoms with E-state index in [1.54, 1.807) is 0 Å². The Labute approximate surface area is 159 Å². The number of hydrogen-bond donors (Lipinski definition) is 1. The monoisotopic (exact) mass is 389 g/mol. The summed E-state index contributed by atoms with van der Waals surface area (Å²) < 4.78 is 27.7. The zero-order valence-electron chi connectivity index (χ0n) is 14.3. The first-order valence-corrected chi connectivity index (χ1v) is 10.3. The minimum Gasteiger partial charge on any atom is -0.299 e. The molecule has 0 radical (unpaired) electrons. The van der Waals surface area contributed by atoms with Gasteiger partial charge in [0.25, 0.3) is 0 Å². The van der Waals surface area contributed by atoms with Crippen molar-refractivity contribution in [3.05, 3.63) is 64.2 Å². The summed E-state index contributed by atoms with van der Waals surface area (Å²) in [5.41, 5.74) is 2.35. The number of nitrogens with zero attached hydrogens (tertiary/aromatic N) is 2. The highest BCUT2D eigenvalue weighted by atomic mass is 35.5. The lowest BCUT2D eigenvalue weighted by Crippen LogP contribution is -2.25. The van der Waals surface area contributed by atoms with Crippen LogP contribution in [-0.4, -0.2) is 26.4 Å². The quantitative estimate of drug-likeness (QED) is 0.822. The van der Waals surface area contributed by atoms with Crippen LogP contribution in [-0.2, 0) is 23.1 Å². The molecule has 1 fully saturated rings. The summed E-state index contributed by atoms with van der Waals surface area (Å²) >= 11 is 5.95. The van der Waals surface area contributed by atoms with Crippen LogP contribution >= 0.6 is 11.6 Å². The van der Waals surface area contributed by atoms with Gasteiger partial charge in [0.05, 0.1) is 15.5 Å². The third-order valence-corrected chi connectivity index (χ3v) is 6.25. The van der Waals surface area contributed by atoms with Crippen LogP contribution in [0.5, 0.6) is 0 Å². The molecule has 26 heavy (non-hydrogen) atoms. The van der Waals surface area contributed by atoms with E-state index in [0.29, 0.717) is 0 Å². The lowest BCUT2D eigenvalue weighted by Gasteiger charge is -2.17. The molecule has 0 bridgehead atoms. The second-order valence-corrected chi connectivity index (χ2v) is 8.50. The first kappa shape index (κ1) is 18.9. The Morgan fingerprint density at radius 1 is 1.12 bits per heavy atom. The molecule has 0 atom stereocenters. The van der Waals surface area contributed by atoms with Gasteiger partial charge in [-0.2, -0.15) is 5.26 Å². The van der Waals surface area contributed by atoms with Crippen LogP contribution in [0, 0.1) is 11.3 Å². The largest absolute Gasteiger partial charge is 0.299 e. The number of rotatable bonds is 6. The average Bonchev–Trinajstić information content (AvgIpc) is 3.14. The van der Waals surface area contributed by atoms with E-state index in [4.69, 9.17) is 16.9 Å². The summed E-state index contributed by atoms with van der Waals surface area (Å²) in [4.78, 5) is 2.44. The van der Waals surface area contributed by atoms with E-state index < -0.39 is 10.0 Å². The van der Waals surface area contributed by atoms with E-state index >= 15 is 0 Å². The highest BCUT2D eigenvalue weighted by Gasteiger charge is 2.17. The Hall–Kier alpha value is -1.91. The molecule has 3 rings (SSSR count). The summed E-state index contributed by atoms with van der Waals surface area (Å²) in [7, 11) is -3.71. The van der Waals surface area contributed by atoms with Crippen LogP contribution in [0.4, 0.5) is 0 Å². The molecule has 0 spiro atoms. The van der Waals surface area contributed by atoms with Gasteiger partial charge in [-0.3, -0.25) is 4.90 Å². The van der Waals surface area contributed by atoms with Crippen LogP contribution in [0.15, 0.2) is 47.4 Å². The fourth-order valence-corrected chi connectivity index (χ4v) is 4.40. The minimum atomic E-state index is -3.71. The van der Waals surface area contributed by atoms with Crippen molar-refractivity contribution in [1.82, 2.24) is 9.62 Å². The van der Waals surface area contributed by atoms with E-state index in [9.17, 15) is 8.42 Å².